The first-order valence-electron chi connectivity index (χ1n) is 9.27. The van der Waals surface area contributed by atoms with E-state index in [1.165, 1.54) is 12.1 Å². The molecule has 0 radical (unpaired) electrons. The predicted molar refractivity (Wildman–Crippen MR) is 102 cm³/mol. The number of benzene rings is 2. The normalized spacial score (nSPS) is 21.1. The van der Waals surface area contributed by atoms with Gasteiger partial charge in [0, 0.05) is 5.56 Å². The zero-order valence-electron chi connectivity index (χ0n) is 15.6. The fraction of sp³-hybridized carbons (Fsp3) is 0.318. The maximum absolute atomic E-state index is 13.8. The second-order valence-corrected chi connectivity index (χ2v) is 6.95. The molecule has 1 amide bonds. The molecule has 6 heteroatoms. The van der Waals surface area contributed by atoms with Gasteiger partial charge in [-0.15, -0.1) is 0 Å². The van der Waals surface area contributed by atoms with Crippen LogP contribution in [0, 0.1) is 5.82 Å². The number of nitrogens with zero attached hydrogens (tertiary/aromatic N) is 1. The average Bonchev–Trinajstić information content (AvgIpc) is 2.71. The minimum Gasteiger partial charge on any atom is -0.496 e. The van der Waals surface area contributed by atoms with E-state index in [1.54, 1.807) is 18.1 Å². The van der Waals surface area contributed by atoms with Crippen LogP contribution in [0.15, 0.2) is 54.6 Å². The molecule has 2 atom stereocenters. The SMILES string of the molecule is COc1ccc(F)cc1C1=CC2COCC(C1)N2C(=O)OCc1ccccc1. The van der Waals surface area contributed by atoms with Crippen LogP contribution in [-0.4, -0.2) is 43.4 Å². The third-order valence-corrected chi connectivity index (χ3v) is 5.12. The lowest BCUT2D eigenvalue weighted by atomic mass is 9.89. The molecule has 2 unspecified atom stereocenters. The lowest BCUT2D eigenvalue weighted by molar-refractivity contribution is -0.0342. The summed E-state index contributed by atoms with van der Waals surface area (Å²) in [5, 5.41) is 0. The van der Waals surface area contributed by atoms with Crippen LogP contribution in [0.3, 0.4) is 0 Å². The molecule has 4 rings (SSSR count). The Balaban J connectivity index is 1.54. The Morgan fingerprint density at radius 2 is 2.04 bits per heavy atom. The van der Waals surface area contributed by atoms with Crippen molar-refractivity contribution < 1.29 is 23.4 Å². The van der Waals surface area contributed by atoms with E-state index in [4.69, 9.17) is 14.2 Å². The summed E-state index contributed by atoms with van der Waals surface area (Å²) in [5.41, 5.74) is 2.62. The van der Waals surface area contributed by atoms with Gasteiger partial charge in [-0.25, -0.2) is 9.18 Å². The van der Waals surface area contributed by atoms with E-state index in [-0.39, 0.29) is 30.6 Å². The molecule has 0 N–H and O–H groups in total. The van der Waals surface area contributed by atoms with Crippen molar-refractivity contribution in [1.29, 1.82) is 0 Å². The van der Waals surface area contributed by atoms with E-state index in [2.05, 4.69) is 0 Å². The maximum Gasteiger partial charge on any atom is 0.411 e. The summed E-state index contributed by atoms with van der Waals surface area (Å²) in [6.45, 7) is 1.04. The van der Waals surface area contributed by atoms with E-state index in [0.717, 1.165) is 16.7 Å². The van der Waals surface area contributed by atoms with Crippen LogP contribution < -0.4 is 4.74 Å². The average molecular weight is 383 g/mol. The Labute approximate surface area is 163 Å². The number of hydrogen-bond donors (Lipinski definition) is 0. The van der Waals surface area contributed by atoms with Crippen LogP contribution in [-0.2, 0) is 16.1 Å². The smallest absolute Gasteiger partial charge is 0.411 e. The molecule has 0 spiro atoms. The third-order valence-electron chi connectivity index (χ3n) is 5.12. The molecule has 0 aromatic heterocycles. The lowest BCUT2D eigenvalue weighted by Crippen LogP contribution is -2.56. The lowest BCUT2D eigenvalue weighted by Gasteiger charge is -2.43. The minimum atomic E-state index is -0.358. The second-order valence-electron chi connectivity index (χ2n) is 6.95. The van der Waals surface area contributed by atoms with Crippen LogP contribution in [0.4, 0.5) is 9.18 Å². The predicted octanol–water partition coefficient (Wildman–Crippen LogP) is 4.03. The van der Waals surface area contributed by atoms with Gasteiger partial charge in [0.1, 0.15) is 18.2 Å². The Bertz CT molecular complexity index is 883. The van der Waals surface area contributed by atoms with Gasteiger partial charge in [-0.3, -0.25) is 4.90 Å². The third kappa shape index (κ3) is 3.73. The number of rotatable bonds is 4. The molecule has 1 fully saturated rings. The number of fused-ring (bicyclic) bond motifs is 2. The van der Waals surface area contributed by atoms with Crippen LogP contribution >= 0.6 is 0 Å². The van der Waals surface area contributed by atoms with E-state index in [9.17, 15) is 9.18 Å². The monoisotopic (exact) mass is 383 g/mol. The fourth-order valence-corrected chi connectivity index (χ4v) is 3.81. The Hall–Kier alpha value is -2.86. The molecule has 0 aliphatic carbocycles. The second kappa shape index (κ2) is 8.02. The molecule has 146 valence electrons. The molecule has 2 aliphatic rings. The molecule has 2 aromatic rings. The summed E-state index contributed by atoms with van der Waals surface area (Å²) < 4.78 is 30.4. The maximum atomic E-state index is 13.8. The highest BCUT2D eigenvalue weighted by molar-refractivity contribution is 5.76. The Morgan fingerprint density at radius 1 is 1.21 bits per heavy atom. The Kier molecular flexibility index (Phi) is 5.30. The largest absolute Gasteiger partial charge is 0.496 e. The number of amides is 1. The van der Waals surface area contributed by atoms with Gasteiger partial charge in [0.25, 0.3) is 0 Å². The molecule has 1 saturated heterocycles. The van der Waals surface area contributed by atoms with Crippen molar-refractivity contribution in [2.75, 3.05) is 20.3 Å². The first-order valence-corrected chi connectivity index (χ1v) is 9.27. The molecule has 28 heavy (non-hydrogen) atoms. The molecule has 5 nitrogen and oxygen atoms in total. The van der Waals surface area contributed by atoms with Crippen LogP contribution in [0.2, 0.25) is 0 Å². The van der Waals surface area contributed by atoms with Gasteiger partial charge in [-0.1, -0.05) is 36.4 Å². The fourth-order valence-electron chi connectivity index (χ4n) is 3.81. The summed E-state index contributed by atoms with van der Waals surface area (Å²) in [6, 6.07) is 13.6. The van der Waals surface area contributed by atoms with Gasteiger partial charge in [-0.2, -0.15) is 0 Å². The number of halogens is 1. The van der Waals surface area contributed by atoms with E-state index in [0.29, 0.717) is 25.4 Å². The minimum absolute atomic E-state index is 0.157. The van der Waals surface area contributed by atoms with E-state index in [1.807, 2.05) is 36.4 Å². The molecule has 0 saturated carbocycles. The molecular formula is C22H22FNO4. The molecule has 2 aliphatic heterocycles. The molecule has 2 aromatic carbocycles. The number of methoxy groups -OCH3 is 1. The van der Waals surface area contributed by atoms with Crippen LogP contribution in [0.1, 0.15) is 17.5 Å². The summed E-state index contributed by atoms with van der Waals surface area (Å²) in [5.74, 6) is 0.301. The molecule has 2 heterocycles. The molecular weight excluding hydrogens is 361 g/mol. The first-order chi connectivity index (χ1) is 13.7. The number of ether oxygens (including phenoxy) is 3. The van der Waals surface area contributed by atoms with Crippen molar-refractivity contribution in [2.24, 2.45) is 0 Å². The van der Waals surface area contributed by atoms with Crippen molar-refractivity contribution in [3.05, 3.63) is 71.6 Å². The van der Waals surface area contributed by atoms with Gasteiger partial charge >= 0.3 is 6.09 Å². The van der Waals surface area contributed by atoms with Gasteiger partial charge in [0.05, 0.1) is 32.4 Å². The van der Waals surface area contributed by atoms with Gasteiger partial charge < -0.3 is 14.2 Å². The van der Waals surface area contributed by atoms with Gasteiger partial charge in [0.15, 0.2) is 0 Å². The highest BCUT2D eigenvalue weighted by atomic mass is 19.1. The highest BCUT2D eigenvalue weighted by Crippen LogP contribution is 2.37. The zero-order valence-corrected chi connectivity index (χ0v) is 15.6. The number of carbonyl (C=O) groups is 1. The topological polar surface area (TPSA) is 48.0 Å². The van der Waals surface area contributed by atoms with Crippen LogP contribution in [0.5, 0.6) is 5.75 Å². The van der Waals surface area contributed by atoms with Crippen molar-refractivity contribution in [2.45, 2.75) is 25.1 Å². The highest BCUT2D eigenvalue weighted by Gasteiger charge is 2.39. The number of hydrogen-bond acceptors (Lipinski definition) is 4. The zero-order chi connectivity index (χ0) is 19.5. The summed E-state index contributed by atoms with van der Waals surface area (Å²) in [6.07, 6.45) is 2.15. The summed E-state index contributed by atoms with van der Waals surface area (Å²) in [4.78, 5) is 14.5. The number of morpholine rings is 1. The van der Waals surface area contributed by atoms with Crippen molar-refractivity contribution >= 4 is 11.7 Å². The van der Waals surface area contributed by atoms with Crippen molar-refractivity contribution in [3.63, 3.8) is 0 Å². The first kappa shape index (κ1) is 18.5. The number of carbonyl (C=O) groups excluding carboxylic acids is 1. The standard InChI is InChI=1S/C22H22FNO4/c1-26-21-8-7-17(23)11-20(21)16-9-18-13-27-14-19(10-16)24(18)22(25)28-12-15-5-3-2-4-6-15/h2-9,11,18-19H,10,12-14H2,1H3. The molecule has 2 bridgehead atoms. The van der Waals surface area contributed by atoms with E-state index < -0.39 is 0 Å². The quantitative estimate of drug-likeness (QED) is 0.800. The van der Waals surface area contributed by atoms with Crippen molar-refractivity contribution in [3.8, 4) is 5.75 Å². The van der Waals surface area contributed by atoms with E-state index >= 15 is 0 Å². The summed E-state index contributed by atoms with van der Waals surface area (Å²) in [7, 11) is 1.57. The van der Waals surface area contributed by atoms with Gasteiger partial charge in [-0.05, 0) is 35.8 Å². The Morgan fingerprint density at radius 3 is 2.79 bits per heavy atom. The van der Waals surface area contributed by atoms with Gasteiger partial charge in [0.2, 0.25) is 0 Å². The van der Waals surface area contributed by atoms with Crippen LogP contribution in [0.25, 0.3) is 5.57 Å². The summed E-state index contributed by atoms with van der Waals surface area (Å²) >= 11 is 0. The van der Waals surface area contributed by atoms with Crippen molar-refractivity contribution in [1.82, 2.24) is 4.90 Å².